The molecule has 0 aliphatic rings. The van der Waals surface area contributed by atoms with Crippen LogP contribution in [0.25, 0.3) is 10.9 Å². The molecule has 0 radical (unpaired) electrons. The Morgan fingerprint density at radius 3 is 2.72 bits per heavy atom. The van der Waals surface area contributed by atoms with Gasteiger partial charge in [0.1, 0.15) is 11.6 Å². The lowest BCUT2D eigenvalue weighted by atomic mass is 10.2. The van der Waals surface area contributed by atoms with Gasteiger partial charge in [0.25, 0.3) is 5.56 Å². The van der Waals surface area contributed by atoms with Gasteiger partial charge in [-0.15, -0.1) is 11.8 Å². The van der Waals surface area contributed by atoms with Crippen molar-refractivity contribution in [3.05, 3.63) is 69.5 Å². The fraction of sp³-hybridized carbons (Fsp3) is 0.286. The number of halogens is 2. The number of rotatable bonds is 8. The zero-order valence-electron chi connectivity index (χ0n) is 16.0. The molecule has 29 heavy (non-hydrogen) atoms. The molecule has 1 N–H and O–H groups in total. The lowest BCUT2D eigenvalue weighted by molar-refractivity contribution is -0.131. The molecule has 1 heterocycles. The lowest BCUT2D eigenvalue weighted by Gasteiger charge is -2.21. The Morgan fingerprint density at radius 2 is 2.00 bits per heavy atom. The van der Waals surface area contributed by atoms with Crippen molar-refractivity contribution in [3.8, 4) is 0 Å². The van der Waals surface area contributed by atoms with Crippen molar-refractivity contribution < 1.29 is 9.18 Å². The zero-order valence-corrected chi connectivity index (χ0v) is 17.5. The van der Waals surface area contributed by atoms with Gasteiger partial charge in [-0.2, -0.15) is 0 Å². The van der Waals surface area contributed by atoms with Crippen molar-refractivity contribution in [2.24, 2.45) is 0 Å². The van der Waals surface area contributed by atoms with Crippen LogP contribution >= 0.6 is 23.4 Å². The molecule has 152 valence electrons. The number of H-pyrrole nitrogens is 1. The molecule has 0 atom stereocenters. The summed E-state index contributed by atoms with van der Waals surface area (Å²) in [5.41, 5.74) is 0.254. The number of carbonyl (C=O) groups excluding carboxylic acids is 1. The Hall–Kier alpha value is -2.38. The highest BCUT2D eigenvalue weighted by molar-refractivity contribution is 7.99. The molecule has 0 aliphatic carbocycles. The standard InChI is InChI=1S/C21H21ClFN3O2S/c1-2-10-26(20(27)9-11-29-16-6-4-15(23)5-7-16)13-19-24-18-12-14(22)3-8-17(18)21(28)25-19/h3-8,12H,2,9-11,13H2,1H3,(H,24,25,28). The molecule has 0 spiro atoms. The summed E-state index contributed by atoms with van der Waals surface area (Å²) in [6.07, 6.45) is 1.13. The molecular weight excluding hydrogens is 413 g/mol. The molecule has 3 rings (SSSR count). The van der Waals surface area contributed by atoms with Crippen LogP contribution in [0.2, 0.25) is 5.02 Å². The summed E-state index contributed by atoms with van der Waals surface area (Å²) in [6, 6.07) is 11.1. The Morgan fingerprint density at radius 1 is 1.24 bits per heavy atom. The highest BCUT2D eigenvalue weighted by atomic mass is 35.5. The van der Waals surface area contributed by atoms with Gasteiger partial charge in [0.05, 0.1) is 17.4 Å². The summed E-state index contributed by atoms with van der Waals surface area (Å²) < 4.78 is 13.0. The van der Waals surface area contributed by atoms with Crippen molar-refractivity contribution >= 4 is 40.2 Å². The maximum atomic E-state index is 13.0. The van der Waals surface area contributed by atoms with E-state index in [1.807, 2.05) is 6.92 Å². The summed E-state index contributed by atoms with van der Waals surface area (Å²) in [6.45, 7) is 2.78. The molecular formula is C21H21ClFN3O2S. The first-order valence-corrected chi connectivity index (χ1v) is 10.7. The highest BCUT2D eigenvalue weighted by Crippen LogP contribution is 2.20. The van der Waals surface area contributed by atoms with Crippen LogP contribution in [0, 0.1) is 5.82 Å². The molecule has 0 aliphatic heterocycles. The number of aromatic amines is 1. The van der Waals surface area contributed by atoms with Crippen molar-refractivity contribution in [1.29, 1.82) is 0 Å². The van der Waals surface area contributed by atoms with Crippen molar-refractivity contribution in [3.63, 3.8) is 0 Å². The minimum absolute atomic E-state index is 0.0182. The third-order valence-electron chi connectivity index (χ3n) is 4.30. The molecule has 2 aromatic carbocycles. The third-order valence-corrected chi connectivity index (χ3v) is 5.55. The van der Waals surface area contributed by atoms with Gasteiger partial charge in [0, 0.05) is 28.6 Å². The number of hydrogen-bond acceptors (Lipinski definition) is 4. The summed E-state index contributed by atoms with van der Waals surface area (Å²) in [7, 11) is 0. The zero-order chi connectivity index (χ0) is 20.8. The molecule has 1 aromatic heterocycles. The van der Waals surface area contributed by atoms with Crippen LogP contribution in [0.4, 0.5) is 4.39 Å². The van der Waals surface area contributed by atoms with E-state index >= 15 is 0 Å². The lowest BCUT2D eigenvalue weighted by Crippen LogP contribution is -2.33. The van der Waals surface area contributed by atoms with Crippen LogP contribution in [0.5, 0.6) is 0 Å². The molecule has 0 saturated carbocycles. The van der Waals surface area contributed by atoms with Gasteiger partial charge < -0.3 is 9.88 Å². The Labute approximate surface area is 177 Å². The molecule has 0 saturated heterocycles. The van der Waals surface area contributed by atoms with Crippen LogP contribution in [-0.4, -0.2) is 33.1 Å². The predicted molar refractivity (Wildman–Crippen MR) is 115 cm³/mol. The first-order valence-electron chi connectivity index (χ1n) is 9.31. The fourth-order valence-electron chi connectivity index (χ4n) is 2.92. The Balaban J connectivity index is 1.67. The Bertz CT molecular complexity index is 1060. The van der Waals surface area contributed by atoms with E-state index in [-0.39, 0.29) is 23.8 Å². The smallest absolute Gasteiger partial charge is 0.258 e. The van der Waals surface area contributed by atoms with E-state index < -0.39 is 0 Å². The van der Waals surface area contributed by atoms with Crippen LogP contribution in [0.15, 0.2) is 52.2 Å². The third kappa shape index (κ3) is 5.81. The second kappa shape index (κ2) is 9.89. The van der Waals surface area contributed by atoms with E-state index in [1.165, 1.54) is 23.9 Å². The van der Waals surface area contributed by atoms with E-state index in [4.69, 9.17) is 11.6 Å². The molecule has 3 aromatic rings. The van der Waals surface area contributed by atoms with Crippen molar-refractivity contribution in [2.75, 3.05) is 12.3 Å². The fourth-order valence-corrected chi connectivity index (χ4v) is 3.93. The largest absolute Gasteiger partial charge is 0.335 e. The second-order valence-corrected chi connectivity index (χ2v) is 8.15. The summed E-state index contributed by atoms with van der Waals surface area (Å²) in [4.78, 5) is 34.8. The van der Waals surface area contributed by atoms with Gasteiger partial charge >= 0.3 is 0 Å². The van der Waals surface area contributed by atoms with Crippen LogP contribution in [0.1, 0.15) is 25.6 Å². The normalized spacial score (nSPS) is 11.0. The first kappa shape index (κ1) is 21.3. The summed E-state index contributed by atoms with van der Waals surface area (Å²) >= 11 is 7.51. The first-order chi connectivity index (χ1) is 14.0. The SMILES string of the molecule is CCCN(Cc1nc2cc(Cl)ccc2c(=O)[nH]1)C(=O)CCSc1ccc(F)cc1. The maximum Gasteiger partial charge on any atom is 0.258 e. The van der Waals surface area contributed by atoms with Crippen LogP contribution < -0.4 is 5.56 Å². The molecule has 0 fully saturated rings. The quantitative estimate of drug-likeness (QED) is 0.526. The number of aromatic nitrogens is 2. The predicted octanol–water partition coefficient (Wildman–Crippen LogP) is 4.64. The van der Waals surface area contributed by atoms with E-state index in [0.29, 0.717) is 40.5 Å². The minimum Gasteiger partial charge on any atom is -0.335 e. The van der Waals surface area contributed by atoms with E-state index in [0.717, 1.165) is 11.3 Å². The van der Waals surface area contributed by atoms with Crippen molar-refractivity contribution in [2.45, 2.75) is 31.2 Å². The van der Waals surface area contributed by atoms with Gasteiger partial charge in [-0.1, -0.05) is 18.5 Å². The van der Waals surface area contributed by atoms with E-state index in [1.54, 1.807) is 35.2 Å². The number of nitrogens with one attached hydrogen (secondary N) is 1. The highest BCUT2D eigenvalue weighted by Gasteiger charge is 2.15. The molecule has 8 heteroatoms. The molecule has 1 amide bonds. The topological polar surface area (TPSA) is 66.1 Å². The van der Waals surface area contributed by atoms with Gasteiger partial charge in [0.15, 0.2) is 0 Å². The molecule has 0 unspecified atom stereocenters. The van der Waals surface area contributed by atoms with Crippen molar-refractivity contribution in [1.82, 2.24) is 14.9 Å². The number of benzene rings is 2. The number of thioether (sulfide) groups is 1. The van der Waals surface area contributed by atoms with Gasteiger partial charge in [-0.05, 0) is 48.9 Å². The van der Waals surface area contributed by atoms with E-state index in [2.05, 4.69) is 9.97 Å². The maximum absolute atomic E-state index is 13.0. The van der Waals surface area contributed by atoms with Gasteiger partial charge in [-0.25, -0.2) is 9.37 Å². The Kier molecular flexibility index (Phi) is 7.28. The average Bonchev–Trinajstić information content (AvgIpc) is 2.68. The summed E-state index contributed by atoms with van der Waals surface area (Å²) in [5.74, 6) is 0.716. The minimum atomic E-state index is -0.280. The van der Waals surface area contributed by atoms with E-state index in [9.17, 15) is 14.0 Å². The number of hydrogen-bond donors (Lipinski definition) is 1. The number of nitrogens with zero attached hydrogens (tertiary/aromatic N) is 2. The van der Waals surface area contributed by atoms with Crippen LogP contribution in [0.3, 0.4) is 0 Å². The van der Waals surface area contributed by atoms with Crippen LogP contribution in [-0.2, 0) is 11.3 Å². The average molecular weight is 434 g/mol. The number of carbonyl (C=O) groups is 1. The molecule has 0 bridgehead atoms. The van der Waals surface area contributed by atoms with Gasteiger partial charge in [0.2, 0.25) is 5.91 Å². The summed E-state index contributed by atoms with van der Waals surface area (Å²) in [5, 5.41) is 0.961. The monoisotopic (exact) mass is 433 g/mol. The number of amides is 1. The van der Waals surface area contributed by atoms with Gasteiger partial charge in [-0.3, -0.25) is 9.59 Å². The number of fused-ring (bicyclic) bond motifs is 1. The molecule has 5 nitrogen and oxygen atoms in total. The second-order valence-electron chi connectivity index (χ2n) is 6.54.